The predicted octanol–water partition coefficient (Wildman–Crippen LogP) is 3.31. The van der Waals surface area contributed by atoms with Crippen LogP contribution in [0.4, 0.5) is 0 Å². The standard InChI is InChI=1S/C43H58N6O8/c1-43(2,3)48-42(54)39-31-16-10-8-14-29(31)20-21-49(39)26-36(57-38(51)27-56-23-22-55-4)34(24-28-12-6-5-7-13-28)46-41(53)35(25-37(44)50)47-40(52)33-19-18-30-15-9-11-17-32(30)45-33/h5-7,9,11-13,15,17-19,29,31,34-36,39H,8,10,14,16,20-27H2,1-4H3,(H2,44,50)(H,46,53)(H,47,52)(H,48,54)/t29-,31-,34+,35+,36-,39+/m1/s1. The van der Waals surface area contributed by atoms with E-state index < -0.39 is 59.9 Å². The smallest absolute Gasteiger partial charge is 0.332 e. The van der Waals surface area contributed by atoms with E-state index in [2.05, 4.69) is 25.8 Å². The Morgan fingerprint density at radius 3 is 2.39 bits per heavy atom. The van der Waals surface area contributed by atoms with Crippen LogP contribution in [0.3, 0.4) is 0 Å². The molecule has 4 amide bonds. The molecular formula is C43H58N6O8. The van der Waals surface area contributed by atoms with E-state index in [9.17, 15) is 24.0 Å². The molecule has 1 saturated carbocycles. The Bertz CT molecular complexity index is 1830. The highest BCUT2D eigenvalue weighted by molar-refractivity contribution is 5.99. The zero-order valence-corrected chi connectivity index (χ0v) is 33.5. The summed E-state index contributed by atoms with van der Waals surface area (Å²) in [5, 5.41) is 9.71. The number of para-hydroxylation sites is 1. The summed E-state index contributed by atoms with van der Waals surface area (Å²) in [5.74, 6) is -2.39. The minimum absolute atomic E-state index is 0.0581. The molecule has 0 unspecified atom stereocenters. The van der Waals surface area contributed by atoms with Gasteiger partial charge in [-0.25, -0.2) is 9.78 Å². The molecule has 1 saturated heterocycles. The second-order valence-corrected chi connectivity index (χ2v) is 16.1. The van der Waals surface area contributed by atoms with Gasteiger partial charge in [-0.05, 0) is 76.1 Å². The molecule has 308 valence electrons. The van der Waals surface area contributed by atoms with E-state index in [0.717, 1.165) is 43.1 Å². The molecule has 57 heavy (non-hydrogen) atoms. The number of nitrogens with two attached hydrogens (primary N) is 1. The summed E-state index contributed by atoms with van der Waals surface area (Å²) >= 11 is 0. The number of benzene rings is 2. The van der Waals surface area contributed by atoms with Gasteiger partial charge in [-0.15, -0.1) is 0 Å². The van der Waals surface area contributed by atoms with Crippen LogP contribution >= 0.6 is 0 Å². The number of hydrogen-bond acceptors (Lipinski definition) is 10. The molecule has 3 aromatic rings. The lowest BCUT2D eigenvalue weighted by molar-refractivity contribution is -0.160. The molecule has 6 atom stereocenters. The maximum Gasteiger partial charge on any atom is 0.332 e. The molecule has 1 aromatic heterocycles. The fourth-order valence-electron chi connectivity index (χ4n) is 8.00. The molecule has 2 fully saturated rings. The lowest BCUT2D eigenvalue weighted by atomic mass is 9.70. The second kappa shape index (κ2) is 20.5. The van der Waals surface area contributed by atoms with E-state index in [1.165, 1.54) is 7.11 Å². The van der Waals surface area contributed by atoms with Gasteiger partial charge < -0.3 is 35.9 Å². The van der Waals surface area contributed by atoms with Crippen molar-refractivity contribution in [2.45, 2.75) is 95.5 Å². The number of carbonyl (C=O) groups excluding carboxylic acids is 5. The van der Waals surface area contributed by atoms with Crippen LogP contribution in [0.2, 0.25) is 0 Å². The minimum atomic E-state index is -1.38. The fraction of sp³-hybridized carbons (Fsp3) is 0.535. The van der Waals surface area contributed by atoms with Crippen molar-refractivity contribution in [1.82, 2.24) is 25.8 Å². The number of rotatable bonds is 18. The fourth-order valence-corrected chi connectivity index (χ4v) is 8.00. The van der Waals surface area contributed by atoms with Gasteiger partial charge >= 0.3 is 5.97 Å². The number of hydrogen-bond donors (Lipinski definition) is 4. The topological polar surface area (TPSA) is 191 Å². The van der Waals surface area contributed by atoms with Gasteiger partial charge in [0.15, 0.2) is 0 Å². The van der Waals surface area contributed by atoms with Crippen LogP contribution < -0.4 is 21.7 Å². The maximum absolute atomic E-state index is 14.3. The summed E-state index contributed by atoms with van der Waals surface area (Å²) in [5.41, 5.74) is 6.62. The number of likely N-dealkylation sites (tertiary alicyclic amines) is 1. The number of nitrogens with one attached hydrogen (secondary N) is 3. The number of aromatic nitrogens is 1. The van der Waals surface area contributed by atoms with Crippen molar-refractivity contribution in [3.63, 3.8) is 0 Å². The van der Waals surface area contributed by atoms with Crippen LogP contribution in [0.1, 0.15) is 75.3 Å². The summed E-state index contributed by atoms with van der Waals surface area (Å²) in [6.45, 7) is 6.67. The van der Waals surface area contributed by atoms with Gasteiger partial charge in [-0.2, -0.15) is 0 Å². The molecular weight excluding hydrogens is 729 g/mol. The summed E-state index contributed by atoms with van der Waals surface area (Å²) in [4.78, 5) is 74.3. The predicted molar refractivity (Wildman–Crippen MR) is 215 cm³/mol. The first kappa shape index (κ1) is 43.2. The number of ether oxygens (including phenoxy) is 3. The van der Waals surface area contributed by atoms with E-state index in [-0.39, 0.29) is 50.3 Å². The number of carbonyl (C=O) groups is 5. The van der Waals surface area contributed by atoms with Crippen LogP contribution in [0.5, 0.6) is 0 Å². The van der Waals surface area contributed by atoms with Gasteiger partial charge in [0.05, 0.1) is 37.2 Å². The zero-order valence-electron chi connectivity index (χ0n) is 33.5. The molecule has 2 aliphatic rings. The van der Waals surface area contributed by atoms with Crippen LogP contribution in [-0.2, 0) is 39.8 Å². The van der Waals surface area contributed by atoms with Gasteiger partial charge in [-0.3, -0.25) is 24.1 Å². The number of nitrogens with zero attached hydrogens (tertiary/aromatic N) is 2. The number of amides is 4. The molecule has 0 spiro atoms. The Morgan fingerprint density at radius 1 is 0.912 bits per heavy atom. The van der Waals surface area contributed by atoms with Crippen LogP contribution in [0.25, 0.3) is 10.9 Å². The lowest BCUT2D eigenvalue weighted by Crippen LogP contribution is -2.63. The molecule has 2 aromatic carbocycles. The van der Waals surface area contributed by atoms with Crippen LogP contribution in [0.15, 0.2) is 66.7 Å². The van der Waals surface area contributed by atoms with E-state index in [0.29, 0.717) is 18.0 Å². The molecule has 5 rings (SSSR count). The van der Waals surface area contributed by atoms with Gasteiger partial charge in [0.1, 0.15) is 24.4 Å². The highest BCUT2D eigenvalue weighted by atomic mass is 16.6. The molecule has 5 N–H and O–H groups in total. The Kier molecular flexibility index (Phi) is 15.5. The second-order valence-electron chi connectivity index (χ2n) is 16.1. The van der Waals surface area contributed by atoms with E-state index in [4.69, 9.17) is 19.9 Å². The number of pyridine rings is 1. The van der Waals surface area contributed by atoms with Crippen molar-refractivity contribution < 1.29 is 38.2 Å². The quantitative estimate of drug-likeness (QED) is 0.110. The van der Waals surface area contributed by atoms with Gasteiger partial charge in [0.25, 0.3) is 5.91 Å². The van der Waals surface area contributed by atoms with Crippen molar-refractivity contribution >= 4 is 40.5 Å². The number of primary amides is 1. The Labute approximate surface area is 334 Å². The number of esters is 1. The summed E-state index contributed by atoms with van der Waals surface area (Å²) in [6.07, 6.45) is 3.75. The average molecular weight is 787 g/mol. The number of fused-ring (bicyclic) bond motifs is 2. The Morgan fingerprint density at radius 2 is 1.65 bits per heavy atom. The molecule has 2 heterocycles. The molecule has 1 aliphatic heterocycles. The summed E-state index contributed by atoms with van der Waals surface area (Å²) in [6, 6.07) is 17.3. The van der Waals surface area contributed by atoms with Gasteiger partial charge in [0.2, 0.25) is 17.7 Å². The van der Waals surface area contributed by atoms with Crippen molar-refractivity contribution in [2.24, 2.45) is 17.6 Å². The maximum atomic E-state index is 14.3. The SMILES string of the molecule is COCCOCC(=O)O[C@H](CN1CC[C@H]2CCCC[C@H]2[C@H]1C(=O)NC(C)(C)C)[C@H](Cc1ccccc1)NC(=O)[C@H](CC(N)=O)NC(=O)c1ccc2ccccc2n1. The highest BCUT2D eigenvalue weighted by Gasteiger charge is 2.45. The summed E-state index contributed by atoms with van der Waals surface area (Å²) < 4.78 is 16.8. The zero-order chi connectivity index (χ0) is 41.0. The molecule has 14 heteroatoms. The van der Waals surface area contributed by atoms with Crippen molar-refractivity contribution in [1.29, 1.82) is 0 Å². The third-order valence-corrected chi connectivity index (χ3v) is 10.6. The van der Waals surface area contributed by atoms with Gasteiger partial charge in [-0.1, -0.05) is 73.9 Å². The first-order chi connectivity index (χ1) is 27.3. The minimum Gasteiger partial charge on any atom is -0.457 e. The third kappa shape index (κ3) is 12.8. The van der Waals surface area contributed by atoms with E-state index >= 15 is 0 Å². The van der Waals surface area contributed by atoms with Crippen LogP contribution in [-0.4, -0.2) is 109 Å². The Balaban J connectivity index is 1.46. The van der Waals surface area contributed by atoms with Crippen molar-refractivity contribution in [3.8, 4) is 0 Å². The first-order valence-electron chi connectivity index (χ1n) is 19.9. The molecule has 0 radical (unpaired) electrons. The molecule has 0 bridgehead atoms. The number of piperidine rings is 1. The number of methoxy groups -OCH3 is 1. The summed E-state index contributed by atoms with van der Waals surface area (Å²) in [7, 11) is 1.53. The normalized spacial score (nSPS) is 20.0. The first-order valence-corrected chi connectivity index (χ1v) is 19.9. The monoisotopic (exact) mass is 786 g/mol. The van der Waals surface area contributed by atoms with Gasteiger partial charge in [0, 0.05) is 24.6 Å². The van der Waals surface area contributed by atoms with Crippen LogP contribution in [0, 0.1) is 11.8 Å². The van der Waals surface area contributed by atoms with Crippen molar-refractivity contribution in [3.05, 3.63) is 78.0 Å². The van der Waals surface area contributed by atoms with E-state index in [1.54, 1.807) is 24.3 Å². The van der Waals surface area contributed by atoms with E-state index in [1.807, 2.05) is 63.2 Å². The average Bonchev–Trinajstić information content (AvgIpc) is 3.18. The Hall–Kier alpha value is -4.92. The highest BCUT2D eigenvalue weighted by Crippen LogP contribution is 2.40. The van der Waals surface area contributed by atoms with Crippen molar-refractivity contribution in [2.75, 3.05) is 40.0 Å². The molecule has 14 nitrogen and oxygen atoms in total. The lowest BCUT2D eigenvalue weighted by Gasteiger charge is -2.48. The molecule has 1 aliphatic carbocycles. The third-order valence-electron chi connectivity index (χ3n) is 10.6. The largest absolute Gasteiger partial charge is 0.457 e.